The van der Waals surface area contributed by atoms with Crippen molar-refractivity contribution in [1.82, 2.24) is 5.32 Å². The highest BCUT2D eigenvalue weighted by Crippen LogP contribution is 2.37. The smallest absolute Gasteiger partial charge is 0.407 e. The predicted molar refractivity (Wildman–Crippen MR) is 67.3 cm³/mol. The maximum Gasteiger partial charge on any atom is 0.407 e. The predicted octanol–water partition coefficient (Wildman–Crippen LogP) is 2.40. The van der Waals surface area contributed by atoms with E-state index in [4.69, 9.17) is 9.84 Å². The number of carboxylic acids is 1. The molecule has 1 amide bonds. The van der Waals surface area contributed by atoms with Gasteiger partial charge in [0, 0.05) is 6.04 Å². The average molecular weight is 257 g/mol. The molecule has 0 radical (unpaired) electrons. The second-order valence-corrected chi connectivity index (χ2v) is 5.93. The van der Waals surface area contributed by atoms with E-state index in [1.54, 1.807) is 0 Å². The molecule has 5 heteroatoms. The summed E-state index contributed by atoms with van der Waals surface area (Å²) in [5.41, 5.74) is -0.508. The van der Waals surface area contributed by atoms with Crippen LogP contribution < -0.4 is 5.32 Å². The van der Waals surface area contributed by atoms with Crippen molar-refractivity contribution in [3.05, 3.63) is 0 Å². The molecule has 5 nitrogen and oxygen atoms in total. The lowest BCUT2D eigenvalue weighted by Gasteiger charge is -2.38. The Hall–Kier alpha value is -1.26. The van der Waals surface area contributed by atoms with Gasteiger partial charge in [0.1, 0.15) is 5.60 Å². The average Bonchev–Trinajstić information content (AvgIpc) is 2.09. The summed E-state index contributed by atoms with van der Waals surface area (Å²) in [5, 5.41) is 11.7. The van der Waals surface area contributed by atoms with Crippen LogP contribution in [-0.2, 0) is 9.53 Å². The van der Waals surface area contributed by atoms with Crippen LogP contribution in [0.3, 0.4) is 0 Å². The molecule has 1 aliphatic carbocycles. The maximum atomic E-state index is 11.6. The van der Waals surface area contributed by atoms with E-state index in [9.17, 15) is 9.59 Å². The molecular formula is C13H23NO4. The zero-order chi connectivity index (χ0) is 13.9. The largest absolute Gasteiger partial charge is 0.481 e. The molecule has 0 heterocycles. The van der Waals surface area contributed by atoms with Gasteiger partial charge in [0.2, 0.25) is 0 Å². The van der Waals surface area contributed by atoms with Crippen molar-refractivity contribution < 1.29 is 19.4 Å². The van der Waals surface area contributed by atoms with Crippen LogP contribution in [0.1, 0.15) is 47.0 Å². The van der Waals surface area contributed by atoms with Gasteiger partial charge in [-0.15, -0.1) is 0 Å². The molecule has 1 rings (SSSR count). The molecule has 1 atom stereocenters. The minimum atomic E-state index is -0.738. The number of nitrogens with one attached hydrogen (secondary N) is 1. The number of amides is 1. The molecule has 0 spiro atoms. The third-order valence-electron chi connectivity index (χ3n) is 3.23. The minimum Gasteiger partial charge on any atom is -0.481 e. The topological polar surface area (TPSA) is 75.6 Å². The molecule has 0 saturated heterocycles. The molecule has 0 aromatic rings. The number of rotatable bonds is 4. The summed E-state index contributed by atoms with van der Waals surface area (Å²) in [6.07, 6.45) is 1.65. The van der Waals surface area contributed by atoms with Crippen LogP contribution in [0.5, 0.6) is 0 Å². The standard InChI is InChI=1S/C13H23NO4/c1-5-10(8-6-9(7-8)11(15)16)14-12(17)18-13(2,3)4/h8-10H,5-7H2,1-4H3,(H,14,17)(H,15,16). The Labute approximate surface area is 108 Å². The van der Waals surface area contributed by atoms with E-state index >= 15 is 0 Å². The Kier molecular flexibility index (Phi) is 4.59. The first-order chi connectivity index (χ1) is 8.23. The minimum absolute atomic E-state index is 0.00968. The van der Waals surface area contributed by atoms with E-state index < -0.39 is 17.7 Å². The van der Waals surface area contributed by atoms with Gasteiger partial charge in [0.05, 0.1) is 5.92 Å². The van der Waals surface area contributed by atoms with Crippen molar-refractivity contribution in [3.63, 3.8) is 0 Å². The molecule has 104 valence electrons. The van der Waals surface area contributed by atoms with Crippen molar-refractivity contribution in [1.29, 1.82) is 0 Å². The van der Waals surface area contributed by atoms with Gasteiger partial charge in [-0.05, 0) is 46.0 Å². The van der Waals surface area contributed by atoms with E-state index in [2.05, 4.69) is 5.32 Å². The SMILES string of the molecule is CCC(NC(=O)OC(C)(C)C)C1CC(C(=O)O)C1. The summed E-state index contributed by atoms with van der Waals surface area (Å²) in [5.74, 6) is -0.730. The molecule has 1 aliphatic rings. The molecule has 0 aliphatic heterocycles. The van der Waals surface area contributed by atoms with Gasteiger partial charge >= 0.3 is 12.1 Å². The van der Waals surface area contributed by atoms with Gasteiger partial charge in [0.25, 0.3) is 0 Å². The maximum absolute atomic E-state index is 11.6. The van der Waals surface area contributed by atoms with Crippen LogP contribution in [-0.4, -0.2) is 28.8 Å². The summed E-state index contributed by atoms with van der Waals surface area (Å²) in [4.78, 5) is 22.4. The van der Waals surface area contributed by atoms with E-state index in [0.29, 0.717) is 12.8 Å². The summed E-state index contributed by atoms with van der Waals surface area (Å²) in [6.45, 7) is 7.43. The number of carboxylic acid groups (broad SMARTS) is 1. The molecule has 1 unspecified atom stereocenters. The van der Waals surface area contributed by atoms with Crippen LogP contribution in [0.15, 0.2) is 0 Å². The van der Waals surface area contributed by atoms with Crippen LogP contribution in [0.4, 0.5) is 4.79 Å². The summed E-state index contributed by atoms with van der Waals surface area (Å²) in [7, 11) is 0. The first kappa shape index (κ1) is 14.8. The monoisotopic (exact) mass is 257 g/mol. The van der Waals surface area contributed by atoms with Crippen molar-refractivity contribution in [2.24, 2.45) is 11.8 Å². The van der Waals surface area contributed by atoms with Gasteiger partial charge in [-0.25, -0.2) is 4.79 Å². The zero-order valence-electron chi connectivity index (χ0n) is 11.5. The van der Waals surface area contributed by atoms with Crippen LogP contribution >= 0.6 is 0 Å². The van der Waals surface area contributed by atoms with Crippen LogP contribution in [0.25, 0.3) is 0 Å². The van der Waals surface area contributed by atoms with Crippen molar-refractivity contribution in [3.8, 4) is 0 Å². The lowest BCUT2D eigenvalue weighted by atomic mass is 9.70. The Bertz CT molecular complexity index is 315. The highest BCUT2D eigenvalue weighted by molar-refractivity contribution is 5.71. The fourth-order valence-electron chi connectivity index (χ4n) is 2.20. The van der Waals surface area contributed by atoms with E-state index in [1.165, 1.54) is 0 Å². The van der Waals surface area contributed by atoms with Gasteiger partial charge in [-0.2, -0.15) is 0 Å². The lowest BCUT2D eigenvalue weighted by Crippen LogP contribution is -2.47. The van der Waals surface area contributed by atoms with Crippen LogP contribution in [0.2, 0.25) is 0 Å². The third-order valence-corrected chi connectivity index (χ3v) is 3.23. The summed E-state index contributed by atoms with van der Waals surface area (Å²) >= 11 is 0. The number of ether oxygens (including phenoxy) is 1. The molecule has 1 saturated carbocycles. The first-order valence-corrected chi connectivity index (χ1v) is 6.45. The summed E-state index contributed by atoms with van der Waals surface area (Å²) in [6, 6.07) is 0.00968. The number of aliphatic carboxylic acids is 1. The van der Waals surface area contributed by atoms with Crippen molar-refractivity contribution in [2.75, 3.05) is 0 Å². The number of carbonyl (C=O) groups is 2. The van der Waals surface area contributed by atoms with Crippen LogP contribution in [0, 0.1) is 11.8 Å². The normalized spacial score (nSPS) is 24.9. The Morgan fingerprint density at radius 1 is 1.39 bits per heavy atom. The zero-order valence-corrected chi connectivity index (χ0v) is 11.5. The van der Waals surface area contributed by atoms with E-state index in [-0.39, 0.29) is 17.9 Å². The molecule has 0 bridgehead atoms. The molecule has 18 heavy (non-hydrogen) atoms. The highest BCUT2D eigenvalue weighted by Gasteiger charge is 2.39. The first-order valence-electron chi connectivity index (χ1n) is 6.45. The summed E-state index contributed by atoms with van der Waals surface area (Å²) < 4.78 is 5.20. The Morgan fingerprint density at radius 3 is 2.33 bits per heavy atom. The fourth-order valence-corrected chi connectivity index (χ4v) is 2.20. The molecule has 2 N–H and O–H groups in total. The number of carbonyl (C=O) groups excluding carboxylic acids is 1. The van der Waals surface area contributed by atoms with Gasteiger partial charge in [-0.3, -0.25) is 4.79 Å². The molecule has 1 fully saturated rings. The number of hydrogen-bond donors (Lipinski definition) is 2. The van der Waals surface area contributed by atoms with Crippen molar-refractivity contribution in [2.45, 2.75) is 58.6 Å². The fraction of sp³-hybridized carbons (Fsp3) is 0.846. The molecular weight excluding hydrogens is 234 g/mol. The van der Waals surface area contributed by atoms with Gasteiger partial charge < -0.3 is 15.2 Å². The number of hydrogen-bond acceptors (Lipinski definition) is 3. The molecule has 0 aromatic carbocycles. The quantitative estimate of drug-likeness (QED) is 0.811. The second kappa shape index (κ2) is 5.59. The van der Waals surface area contributed by atoms with Gasteiger partial charge in [-0.1, -0.05) is 6.92 Å². The highest BCUT2D eigenvalue weighted by atomic mass is 16.6. The Morgan fingerprint density at radius 2 is 1.94 bits per heavy atom. The van der Waals surface area contributed by atoms with Crippen molar-refractivity contribution >= 4 is 12.1 Å². The second-order valence-electron chi connectivity index (χ2n) is 5.93. The number of alkyl carbamates (subject to hydrolysis) is 1. The molecule has 0 aromatic heterocycles. The van der Waals surface area contributed by atoms with E-state index in [1.807, 2.05) is 27.7 Å². The van der Waals surface area contributed by atoms with E-state index in [0.717, 1.165) is 6.42 Å². The Balaban J connectivity index is 2.40. The third kappa shape index (κ3) is 4.20. The van der Waals surface area contributed by atoms with Gasteiger partial charge in [0.15, 0.2) is 0 Å². The lowest BCUT2D eigenvalue weighted by molar-refractivity contribution is -0.146.